The highest BCUT2D eigenvalue weighted by molar-refractivity contribution is 9.10. The minimum absolute atomic E-state index is 0.0865. The molecule has 0 aromatic heterocycles. The standard InChI is InChI=1S/C26H52Br2O7Si2/c1-21(27)23(29)33-18-16-31-14-11-13-25(3,4)37(9,10)35-26(5,6)36(7,8)20-12-15-32-17-19-34-24(30)22(2)28/h21-22H,11-20H2,1-10H3. The fraction of sp³-hybridized carbons (Fsp3) is 0.923. The van der Waals surface area contributed by atoms with Crippen molar-refractivity contribution in [3.63, 3.8) is 0 Å². The average Bonchev–Trinajstić information content (AvgIpc) is 2.76. The second-order valence-electron chi connectivity index (χ2n) is 11.9. The van der Waals surface area contributed by atoms with Gasteiger partial charge in [0.1, 0.15) is 22.9 Å². The summed E-state index contributed by atoms with van der Waals surface area (Å²) in [6.07, 6.45) is 2.94. The molecular weight excluding hydrogens is 640 g/mol. The molecule has 2 atom stereocenters. The first-order chi connectivity index (χ1) is 16.9. The summed E-state index contributed by atoms with van der Waals surface area (Å²) in [6, 6.07) is 1.11. The van der Waals surface area contributed by atoms with Gasteiger partial charge in [0.05, 0.1) is 21.3 Å². The van der Waals surface area contributed by atoms with E-state index < -0.39 is 16.4 Å². The van der Waals surface area contributed by atoms with Crippen LogP contribution < -0.4 is 0 Å². The van der Waals surface area contributed by atoms with Crippen molar-refractivity contribution in [2.45, 2.75) is 113 Å². The van der Waals surface area contributed by atoms with E-state index in [2.05, 4.69) is 85.7 Å². The monoisotopic (exact) mass is 690 g/mol. The Hall–Kier alpha value is 0.214. The smallest absolute Gasteiger partial charge is 0.319 e. The molecule has 0 aliphatic rings. The van der Waals surface area contributed by atoms with Crippen LogP contribution in [0.4, 0.5) is 0 Å². The van der Waals surface area contributed by atoms with E-state index >= 15 is 0 Å². The fourth-order valence-electron chi connectivity index (χ4n) is 3.58. The van der Waals surface area contributed by atoms with E-state index in [1.54, 1.807) is 13.8 Å². The van der Waals surface area contributed by atoms with Gasteiger partial charge in [0.2, 0.25) is 0 Å². The number of carbonyl (C=O) groups is 2. The molecule has 0 spiro atoms. The Balaban J connectivity index is 4.50. The van der Waals surface area contributed by atoms with Crippen molar-refractivity contribution in [2.24, 2.45) is 0 Å². The van der Waals surface area contributed by atoms with Crippen molar-refractivity contribution < 1.29 is 33.0 Å². The first-order valence-corrected chi connectivity index (χ1v) is 21.3. The molecular formula is C26H52Br2O7Si2. The van der Waals surface area contributed by atoms with Crippen LogP contribution in [0.5, 0.6) is 0 Å². The maximum absolute atomic E-state index is 11.5. The molecule has 0 saturated heterocycles. The van der Waals surface area contributed by atoms with Crippen molar-refractivity contribution >= 4 is 60.2 Å². The number of alkyl halides is 2. The van der Waals surface area contributed by atoms with E-state index in [9.17, 15) is 9.59 Å². The van der Waals surface area contributed by atoms with Gasteiger partial charge in [0.15, 0.2) is 8.32 Å². The van der Waals surface area contributed by atoms with E-state index in [0.29, 0.717) is 26.4 Å². The molecule has 220 valence electrons. The average molecular weight is 693 g/mol. The highest BCUT2D eigenvalue weighted by atomic mass is 79.9. The van der Waals surface area contributed by atoms with Crippen LogP contribution >= 0.6 is 31.9 Å². The van der Waals surface area contributed by atoms with Crippen molar-refractivity contribution in [1.82, 2.24) is 0 Å². The molecule has 2 unspecified atom stereocenters. The van der Waals surface area contributed by atoms with Crippen molar-refractivity contribution in [3.8, 4) is 0 Å². The van der Waals surface area contributed by atoms with Gasteiger partial charge >= 0.3 is 11.9 Å². The number of halogens is 2. The van der Waals surface area contributed by atoms with Gasteiger partial charge < -0.3 is 23.4 Å². The molecule has 0 radical (unpaired) electrons. The molecule has 0 bridgehead atoms. The molecule has 0 fully saturated rings. The number of hydrogen-bond donors (Lipinski definition) is 0. The molecule has 0 aromatic carbocycles. The molecule has 0 aromatic rings. The predicted molar refractivity (Wildman–Crippen MR) is 163 cm³/mol. The van der Waals surface area contributed by atoms with Crippen LogP contribution in [0.25, 0.3) is 0 Å². The molecule has 11 heteroatoms. The third-order valence-electron chi connectivity index (χ3n) is 7.54. The lowest BCUT2D eigenvalue weighted by atomic mass is 10.1. The molecule has 37 heavy (non-hydrogen) atoms. The quantitative estimate of drug-likeness (QED) is 0.0597. The summed E-state index contributed by atoms with van der Waals surface area (Å²) in [5.74, 6) is -0.528. The molecule has 7 nitrogen and oxygen atoms in total. The fourth-order valence-corrected chi connectivity index (χ4v) is 9.68. The maximum Gasteiger partial charge on any atom is 0.319 e. The molecule has 0 aliphatic heterocycles. The lowest BCUT2D eigenvalue weighted by Crippen LogP contribution is -2.59. The highest BCUT2D eigenvalue weighted by Crippen LogP contribution is 2.45. The number of hydrogen-bond acceptors (Lipinski definition) is 7. The van der Waals surface area contributed by atoms with E-state index in [1.165, 1.54) is 0 Å². The number of ether oxygens (including phenoxy) is 4. The predicted octanol–water partition coefficient (Wildman–Crippen LogP) is 6.87. The van der Waals surface area contributed by atoms with Crippen LogP contribution in [0.3, 0.4) is 0 Å². The van der Waals surface area contributed by atoms with Gasteiger partial charge in [-0.15, -0.1) is 0 Å². The van der Waals surface area contributed by atoms with E-state index in [1.807, 2.05) is 0 Å². The van der Waals surface area contributed by atoms with Gasteiger partial charge in [0, 0.05) is 18.4 Å². The second kappa shape index (κ2) is 17.1. The summed E-state index contributed by atoms with van der Waals surface area (Å²) >= 11 is 6.39. The number of esters is 2. The Morgan fingerprint density at radius 2 is 1.16 bits per heavy atom. The summed E-state index contributed by atoms with van der Waals surface area (Å²) < 4.78 is 28.6. The third kappa shape index (κ3) is 14.4. The van der Waals surface area contributed by atoms with Gasteiger partial charge in [-0.2, -0.15) is 0 Å². The summed E-state index contributed by atoms with van der Waals surface area (Å²) in [5.41, 5.74) is 0. The zero-order valence-corrected chi connectivity index (χ0v) is 30.0. The zero-order valence-electron chi connectivity index (χ0n) is 24.8. The van der Waals surface area contributed by atoms with E-state index in [-0.39, 0.29) is 45.1 Å². The minimum Gasteiger partial charge on any atom is -0.462 e. The van der Waals surface area contributed by atoms with Gasteiger partial charge in [-0.05, 0) is 65.1 Å². The normalized spacial score (nSPS) is 14.8. The Morgan fingerprint density at radius 3 is 1.59 bits per heavy atom. The highest BCUT2D eigenvalue weighted by Gasteiger charge is 2.48. The molecule has 0 aliphatic carbocycles. The summed E-state index contributed by atoms with van der Waals surface area (Å²) in [6.45, 7) is 24.9. The Bertz CT molecular complexity index is 628. The van der Waals surface area contributed by atoms with Crippen LogP contribution in [0.2, 0.25) is 37.3 Å². The van der Waals surface area contributed by atoms with Gasteiger partial charge in [-0.3, -0.25) is 9.59 Å². The SMILES string of the molecule is CC(Br)C(=O)OCCOCCCC(C)(C)[Si](C)(C)OC(C)(C)[Si](C)(C)CCCOCCOC(=O)C(C)Br. The summed E-state index contributed by atoms with van der Waals surface area (Å²) in [5, 5.41) is -0.0718. The number of rotatable bonds is 20. The van der Waals surface area contributed by atoms with Crippen molar-refractivity contribution in [3.05, 3.63) is 0 Å². The van der Waals surface area contributed by atoms with E-state index in [0.717, 1.165) is 25.3 Å². The van der Waals surface area contributed by atoms with Crippen LogP contribution in [0.15, 0.2) is 0 Å². The first kappa shape index (κ1) is 37.2. The van der Waals surface area contributed by atoms with Gasteiger partial charge in [-0.25, -0.2) is 0 Å². The largest absolute Gasteiger partial charge is 0.462 e. The molecule has 0 saturated carbocycles. The van der Waals surface area contributed by atoms with Crippen LogP contribution in [0, 0.1) is 0 Å². The second-order valence-corrected chi connectivity index (χ2v) is 24.7. The molecule has 0 heterocycles. The molecule has 0 amide bonds. The number of carbonyl (C=O) groups excluding carboxylic acids is 2. The lowest BCUT2D eigenvalue weighted by Gasteiger charge is -2.50. The first-order valence-electron chi connectivity index (χ1n) is 13.3. The molecule has 0 rings (SSSR count). The van der Waals surface area contributed by atoms with Crippen LogP contribution in [-0.4, -0.2) is 82.8 Å². The van der Waals surface area contributed by atoms with E-state index in [4.69, 9.17) is 23.4 Å². The van der Waals surface area contributed by atoms with Gasteiger partial charge in [-0.1, -0.05) is 64.8 Å². The summed E-state index contributed by atoms with van der Waals surface area (Å²) in [4.78, 5) is 22.3. The lowest BCUT2D eigenvalue weighted by molar-refractivity contribution is -0.144. The zero-order chi connectivity index (χ0) is 28.9. The Morgan fingerprint density at radius 1 is 0.730 bits per heavy atom. The van der Waals surface area contributed by atoms with Crippen molar-refractivity contribution in [2.75, 3.05) is 39.6 Å². The Labute approximate surface area is 244 Å². The van der Waals surface area contributed by atoms with Crippen LogP contribution in [0.1, 0.15) is 60.8 Å². The topological polar surface area (TPSA) is 80.3 Å². The van der Waals surface area contributed by atoms with Crippen LogP contribution in [-0.2, 0) is 33.0 Å². The van der Waals surface area contributed by atoms with Gasteiger partial charge in [0.25, 0.3) is 0 Å². The Kier molecular flexibility index (Phi) is 17.2. The maximum atomic E-state index is 11.5. The third-order valence-corrected chi connectivity index (χ3v) is 18.0. The molecule has 0 N–H and O–H groups in total. The summed E-state index contributed by atoms with van der Waals surface area (Å²) in [7, 11) is -3.76. The minimum atomic E-state index is -2.04. The van der Waals surface area contributed by atoms with Crippen molar-refractivity contribution in [1.29, 1.82) is 0 Å².